The van der Waals surface area contributed by atoms with Crippen molar-refractivity contribution in [1.82, 2.24) is 15.0 Å². The van der Waals surface area contributed by atoms with Gasteiger partial charge in [0, 0.05) is 39.0 Å². The van der Waals surface area contributed by atoms with Gasteiger partial charge < -0.3 is 24.6 Å². The second-order valence-electron chi connectivity index (χ2n) is 8.12. The van der Waals surface area contributed by atoms with E-state index in [-0.39, 0.29) is 23.9 Å². The molecule has 10 nitrogen and oxygen atoms in total. The van der Waals surface area contributed by atoms with E-state index in [2.05, 4.69) is 25.0 Å². The number of nitrogens with two attached hydrogens (primary N) is 1. The maximum Gasteiger partial charge on any atom is 0.388 e. The summed E-state index contributed by atoms with van der Waals surface area (Å²) in [5, 5.41) is 3.27. The average Bonchev–Trinajstić information content (AvgIpc) is 2.70. The quantitative estimate of drug-likeness (QED) is 0.637. The van der Waals surface area contributed by atoms with Crippen LogP contribution >= 0.6 is 0 Å². The third kappa shape index (κ3) is 4.09. The summed E-state index contributed by atoms with van der Waals surface area (Å²) in [6.45, 7) is 0.733. The first kappa shape index (κ1) is 21.9. The molecule has 1 saturated carbocycles. The van der Waals surface area contributed by atoms with E-state index in [1.54, 1.807) is 11.9 Å². The fourth-order valence-electron chi connectivity index (χ4n) is 3.96. The number of amides is 1. The second kappa shape index (κ2) is 8.01. The number of rotatable bonds is 6. The summed E-state index contributed by atoms with van der Waals surface area (Å²) in [5.41, 5.74) is 6.74. The molecule has 12 heteroatoms. The van der Waals surface area contributed by atoms with Crippen molar-refractivity contribution in [3.63, 3.8) is 0 Å². The van der Waals surface area contributed by atoms with E-state index in [1.165, 1.54) is 18.3 Å². The first-order valence-corrected chi connectivity index (χ1v) is 10.1. The molecule has 0 aromatic carbocycles. The van der Waals surface area contributed by atoms with Gasteiger partial charge in [-0.3, -0.25) is 10.5 Å². The summed E-state index contributed by atoms with van der Waals surface area (Å²) < 4.78 is 34.4. The molecule has 2 aromatic heterocycles. The number of fused-ring (bicyclic) bond motifs is 1. The van der Waals surface area contributed by atoms with Crippen LogP contribution in [0.1, 0.15) is 25.5 Å². The van der Waals surface area contributed by atoms with Gasteiger partial charge in [-0.05, 0) is 19.9 Å². The Morgan fingerprint density at radius 1 is 1.28 bits per heavy atom. The van der Waals surface area contributed by atoms with Crippen LogP contribution < -0.4 is 30.3 Å². The Labute approximate surface area is 183 Å². The number of nitrogens with one attached hydrogen (secondary N) is 1. The van der Waals surface area contributed by atoms with E-state index in [0.717, 1.165) is 0 Å². The normalized spacial score (nSPS) is 24.8. The van der Waals surface area contributed by atoms with E-state index in [9.17, 15) is 13.6 Å². The molecule has 0 saturated heterocycles. The van der Waals surface area contributed by atoms with Gasteiger partial charge in [-0.2, -0.15) is 13.8 Å². The average molecular weight is 449 g/mol. The molecular formula is C20H25F2N7O3. The number of likely N-dealkylation sites (N-methyl/N-ethyl adjacent to an activating group) is 2. The molecule has 1 aliphatic heterocycles. The number of hydrogen-bond acceptors (Lipinski definition) is 9. The lowest BCUT2D eigenvalue weighted by atomic mass is 9.83. The Balaban J connectivity index is 1.40. The molecule has 2 aromatic rings. The predicted octanol–water partition coefficient (Wildman–Crippen LogP) is 1.89. The van der Waals surface area contributed by atoms with Crippen LogP contribution in [0.3, 0.4) is 0 Å². The lowest BCUT2D eigenvalue weighted by Gasteiger charge is -2.44. The minimum Gasteiger partial charge on any atom is -0.471 e. The van der Waals surface area contributed by atoms with Crippen LogP contribution in [-0.4, -0.2) is 59.4 Å². The fourth-order valence-corrected chi connectivity index (χ4v) is 3.96. The summed E-state index contributed by atoms with van der Waals surface area (Å²) in [6.07, 6.45) is 2.25. The first-order chi connectivity index (χ1) is 15.1. The van der Waals surface area contributed by atoms with Gasteiger partial charge in [-0.15, -0.1) is 0 Å². The minimum atomic E-state index is -2.94. The topological polar surface area (TPSA) is 119 Å². The number of aryl methyl sites for hydroxylation is 1. The summed E-state index contributed by atoms with van der Waals surface area (Å²) in [7, 11) is 3.56. The maximum absolute atomic E-state index is 12.4. The fraction of sp³-hybridized carbons (Fsp3) is 0.500. The molecule has 4 rings (SSSR count). The maximum atomic E-state index is 12.4. The first-order valence-electron chi connectivity index (χ1n) is 10.1. The number of anilines is 3. The summed E-state index contributed by atoms with van der Waals surface area (Å²) in [5.74, 6) is 1.28. The van der Waals surface area contributed by atoms with E-state index >= 15 is 0 Å². The van der Waals surface area contributed by atoms with Crippen molar-refractivity contribution >= 4 is 23.4 Å². The number of aromatic nitrogens is 3. The largest absolute Gasteiger partial charge is 0.471 e. The van der Waals surface area contributed by atoms with Crippen LogP contribution in [-0.2, 0) is 4.79 Å². The van der Waals surface area contributed by atoms with Crippen LogP contribution in [0.25, 0.3) is 0 Å². The van der Waals surface area contributed by atoms with Crippen molar-refractivity contribution in [3.8, 4) is 11.6 Å². The van der Waals surface area contributed by atoms with Crippen molar-refractivity contribution in [2.24, 2.45) is 5.73 Å². The summed E-state index contributed by atoms with van der Waals surface area (Å²) >= 11 is 0. The molecule has 0 bridgehead atoms. The highest BCUT2D eigenvalue weighted by molar-refractivity contribution is 6.04. The lowest BCUT2D eigenvalue weighted by Crippen LogP contribution is -2.61. The van der Waals surface area contributed by atoms with Gasteiger partial charge in [-0.1, -0.05) is 0 Å². The van der Waals surface area contributed by atoms with Crippen LogP contribution in [0, 0.1) is 6.92 Å². The highest BCUT2D eigenvalue weighted by Gasteiger charge is 2.44. The standard InChI is InChI=1S/C20H25F2N7O3/c1-10-15-16(28(3)11(2)17(30)29(15)4)27-19(25-10)26-12-7-20(23,8-12)32-13-5-6-14(24-9-13)31-18(21)22/h5-6,9,11-12,18H,7-8,23H2,1-4H3,(H,25,26,27)/t11-,12-,20-/m0/s1. The van der Waals surface area contributed by atoms with E-state index in [1.807, 2.05) is 25.8 Å². The van der Waals surface area contributed by atoms with E-state index < -0.39 is 12.3 Å². The number of alkyl halides is 2. The van der Waals surface area contributed by atoms with Crippen molar-refractivity contribution < 1.29 is 23.0 Å². The third-order valence-electron chi connectivity index (χ3n) is 5.74. The van der Waals surface area contributed by atoms with Crippen molar-refractivity contribution in [3.05, 3.63) is 24.0 Å². The zero-order chi connectivity index (χ0) is 23.2. The Morgan fingerprint density at radius 3 is 2.62 bits per heavy atom. The van der Waals surface area contributed by atoms with Gasteiger partial charge in [0.2, 0.25) is 17.7 Å². The van der Waals surface area contributed by atoms with Gasteiger partial charge in [0.15, 0.2) is 11.5 Å². The Morgan fingerprint density at radius 2 is 2.00 bits per heavy atom. The van der Waals surface area contributed by atoms with E-state index in [4.69, 9.17) is 10.5 Å². The van der Waals surface area contributed by atoms with Gasteiger partial charge in [0.05, 0.1) is 11.9 Å². The number of ether oxygens (including phenoxy) is 2. The Kier molecular flexibility index (Phi) is 5.49. The molecule has 2 aliphatic rings. The molecule has 3 heterocycles. The van der Waals surface area contributed by atoms with Crippen LogP contribution in [0.5, 0.6) is 11.6 Å². The van der Waals surface area contributed by atoms with Gasteiger partial charge in [-0.25, -0.2) is 9.97 Å². The Hall–Kier alpha value is -3.28. The molecule has 172 valence electrons. The minimum absolute atomic E-state index is 0.0141. The van der Waals surface area contributed by atoms with Gasteiger partial charge >= 0.3 is 6.61 Å². The second-order valence-corrected chi connectivity index (χ2v) is 8.12. The van der Waals surface area contributed by atoms with E-state index in [0.29, 0.717) is 41.7 Å². The molecule has 0 radical (unpaired) electrons. The molecule has 32 heavy (non-hydrogen) atoms. The molecule has 0 spiro atoms. The number of carbonyl (C=O) groups is 1. The van der Waals surface area contributed by atoms with Crippen LogP contribution in [0.15, 0.2) is 18.3 Å². The molecular weight excluding hydrogens is 424 g/mol. The molecule has 3 N–H and O–H groups in total. The summed E-state index contributed by atoms with van der Waals surface area (Å²) in [6, 6.07) is 2.43. The molecule has 1 aliphatic carbocycles. The van der Waals surface area contributed by atoms with Gasteiger partial charge in [0.25, 0.3) is 0 Å². The predicted molar refractivity (Wildman–Crippen MR) is 113 cm³/mol. The van der Waals surface area contributed by atoms with Crippen molar-refractivity contribution in [1.29, 1.82) is 0 Å². The van der Waals surface area contributed by atoms with Crippen molar-refractivity contribution in [2.75, 3.05) is 29.2 Å². The number of nitrogens with zero attached hydrogens (tertiary/aromatic N) is 5. The zero-order valence-corrected chi connectivity index (χ0v) is 18.2. The van der Waals surface area contributed by atoms with Crippen molar-refractivity contribution in [2.45, 2.75) is 51.1 Å². The smallest absolute Gasteiger partial charge is 0.388 e. The van der Waals surface area contributed by atoms with Crippen LogP contribution in [0.2, 0.25) is 0 Å². The molecule has 1 atom stereocenters. The molecule has 0 unspecified atom stereocenters. The summed E-state index contributed by atoms with van der Waals surface area (Å²) in [4.78, 5) is 28.7. The van der Waals surface area contributed by atoms with Gasteiger partial charge in [0.1, 0.15) is 17.5 Å². The monoisotopic (exact) mass is 449 g/mol. The highest BCUT2D eigenvalue weighted by atomic mass is 19.3. The lowest BCUT2D eigenvalue weighted by molar-refractivity contribution is -0.119. The molecule has 1 amide bonds. The molecule has 1 fully saturated rings. The Bertz CT molecular complexity index is 1010. The zero-order valence-electron chi connectivity index (χ0n) is 18.2. The highest BCUT2D eigenvalue weighted by Crippen LogP contribution is 2.38. The SMILES string of the molecule is Cc1nc(N[C@H]2C[C@](N)(Oc3ccc(OC(F)F)nc3)C2)nc2c1N(C)C(=O)[C@H](C)N2C. The number of halogens is 2. The number of carbonyl (C=O) groups excluding carboxylic acids is 1. The third-order valence-corrected chi connectivity index (χ3v) is 5.74. The number of hydrogen-bond donors (Lipinski definition) is 2. The van der Waals surface area contributed by atoms with Crippen LogP contribution in [0.4, 0.5) is 26.2 Å². The number of pyridine rings is 1.